The number of rotatable bonds is 4. The second-order valence-corrected chi connectivity index (χ2v) is 6.16. The lowest BCUT2D eigenvalue weighted by molar-refractivity contribution is -0.147. The maximum atomic E-state index is 13.2. The van der Waals surface area contributed by atoms with Crippen LogP contribution in [0, 0.1) is 0 Å². The van der Waals surface area contributed by atoms with Gasteiger partial charge >= 0.3 is 6.18 Å². The van der Waals surface area contributed by atoms with Crippen molar-refractivity contribution in [2.24, 2.45) is 0 Å². The van der Waals surface area contributed by atoms with Crippen molar-refractivity contribution in [3.8, 4) is 0 Å². The fourth-order valence-electron chi connectivity index (χ4n) is 2.47. The Morgan fingerprint density at radius 3 is 2.48 bits per heavy atom. The molecule has 3 rings (SSSR count). The number of nitrogens with one attached hydrogen (secondary N) is 1. The number of hydrogen-bond donors (Lipinski definition) is 1. The molecular weight excluding hydrogens is 351 g/mol. The molecule has 0 bridgehead atoms. The minimum Gasteiger partial charge on any atom is -0.325 e. The third-order valence-corrected chi connectivity index (χ3v) is 4.33. The molecule has 1 aromatic heterocycles. The Bertz CT molecular complexity index is 904. The number of para-hydroxylation sites is 2. The van der Waals surface area contributed by atoms with E-state index in [-0.39, 0.29) is 11.0 Å². The van der Waals surface area contributed by atoms with Crippen LogP contribution in [0.1, 0.15) is 5.82 Å². The van der Waals surface area contributed by atoms with Crippen LogP contribution in [0.3, 0.4) is 0 Å². The molecule has 3 aromatic rings. The summed E-state index contributed by atoms with van der Waals surface area (Å²) in [7, 11) is 0. The first kappa shape index (κ1) is 17.3. The number of alkyl halides is 3. The molecule has 1 amide bonds. The molecule has 0 fully saturated rings. The van der Waals surface area contributed by atoms with Crippen LogP contribution >= 0.6 is 11.8 Å². The van der Waals surface area contributed by atoms with E-state index in [0.717, 1.165) is 9.46 Å². The fourth-order valence-corrected chi connectivity index (χ4v) is 2.88. The van der Waals surface area contributed by atoms with Gasteiger partial charge in [0.15, 0.2) is 0 Å². The van der Waals surface area contributed by atoms with E-state index in [4.69, 9.17) is 0 Å². The first-order chi connectivity index (χ1) is 11.9. The van der Waals surface area contributed by atoms with Gasteiger partial charge in [0, 0.05) is 10.6 Å². The summed E-state index contributed by atoms with van der Waals surface area (Å²) < 4.78 is 40.6. The van der Waals surface area contributed by atoms with E-state index in [9.17, 15) is 18.0 Å². The number of imidazole rings is 1. The monoisotopic (exact) mass is 365 g/mol. The summed E-state index contributed by atoms with van der Waals surface area (Å²) in [6.07, 6.45) is -2.71. The van der Waals surface area contributed by atoms with Gasteiger partial charge in [-0.1, -0.05) is 12.1 Å². The second kappa shape index (κ2) is 6.79. The van der Waals surface area contributed by atoms with E-state index in [1.165, 1.54) is 12.1 Å². The summed E-state index contributed by atoms with van der Waals surface area (Å²) >= 11 is 1.56. The quantitative estimate of drug-likeness (QED) is 0.697. The van der Waals surface area contributed by atoms with E-state index in [2.05, 4.69) is 10.3 Å². The lowest BCUT2D eigenvalue weighted by Crippen LogP contribution is -2.23. The minimum atomic E-state index is -4.64. The van der Waals surface area contributed by atoms with Crippen LogP contribution in [0.5, 0.6) is 0 Å². The molecule has 25 heavy (non-hydrogen) atoms. The molecule has 4 nitrogen and oxygen atoms in total. The van der Waals surface area contributed by atoms with Crippen LogP contribution in [0.2, 0.25) is 0 Å². The fraction of sp³-hybridized carbons (Fsp3) is 0.176. The summed E-state index contributed by atoms with van der Waals surface area (Å²) in [4.78, 5) is 16.9. The number of amides is 1. The normalized spacial score (nSPS) is 11.7. The highest BCUT2D eigenvalue weighted by molar-refractivity contribution is 7.98. The van der Waals surface area contributed by atoms with Gasteiger partial charge in [-0.15, -0.1) is 11.8 Å². The Hall–Kier alpha value is -2.48. The lowest BCUT2D eigenvalue weighted by atomic mass is 10.3. The molecule has 0 radical (unpaired) electrons. The van der Waals surface area contributed by atoms with Crippen LogP contribution in [0.25, 0.3) is 11.0 Å². The van der Waals surface area contributed by atoms with Crippen molar-refractivity contribution in [2.75, 3.05) is 11.6 Å². The molecule has 0 saturated carbocycles. The number of thioether (sulfide) groups is 1. The van der Waals surface area contributed by atoms with Crippen molar-refractivity contribution < 1.29 is 18.0 Å². The molecule has 0 aliphatic carbocycles. The maximum Gasteiger partial charge on any atom is 0.449 e. The van der Waals surface area contributed by atoms with Gasteiger partial charge in [0.1, 0.15) is 6.54 Å². The number of nitrogens with zero attached hydrogens (tertiary/aromatic N) is 2. The molecule has 0 aliphatic heterocycles. The smallest absolute Gasteiger partial charge is 0.325 e. The number of anilines is 1. The van der Waals surface area contributed by atoms with E-state index in [1.54, 1.807) is 36.0 Å². The average molecular weight is 365 g/mol. The molecule has 0 spiro atoms. The number of halogens is 3. The zero-order valence-electron chi connectivity index (χ0n) is 13.2. The van der Waals surface area contributed by atoms with Crippen molar-refractivity contribution >= 4 is 34.4 Å². The van der Waals surface area contributed by atoms with Crippen LogP contribution in [0.4, 0.5) is 18.9 Å². The number of benzene rings is 2. The van der Waals surface area contributed by atoms with Crippen molar-refractivity contribution in [1.29, 1.82) is 0 Å². The Kier molecular flexibility index (Phi) is 4.71. The topological polar surface area (TPSA) is 46.9 Å². The molecule has 8 heteroatoms. The Balaban J connectivity index is 1.87. The highest BCUT2D eigenvalue weighted by Gasteiger charge is 2.37. The standard InChI is InChI=1S/C17H14F3N3OS/c1-25-12-8-6-11(7-9-12)21-15(24)10-23-14-5-3-2-4-13(14)22-16(23)17(18,19)20/h2-9H,10H2,1H3,(H,21,24). The first-order valence-electron chi connectivity index (χ1n) is 7.35. The maximum absolute atomic E-state index is 13.2. The zero-order chi connectivity index (χ0) is 18.0. The first-order valence-corrected chi connectivity index (χ1v) is 8.57. The predicted molar refractivity (Wildman–Crippen MR) is 91.6 cm³/mol. The van der Waals surface area contributed by atoms with Gasteiger partial charge in [-0.25, -0.2) is 4.98 Å². The molecule has 0 unspecified atom stereocenters. The van der Waals surface area contributed by atoms with Gasteiger partial charge in [-0.05, 0) is 42.7 Å². The summed E-state index contributed by atoms with van der Waals surface area (Å²) in [5.41, 5.74) is 0.996. The van der Waals surface area contributed by atoms with Gasteiger partial charge in [-0.2, -0.15) is 13.2 Å². The van der Waals surface area contributed by atoms with E-state index in [0.29, 0.717) is 5.69 Å². The Morgan fingerprint density at radius 1 is 1.16 bits per heavy atom. The minimum absolute atomic E-state index is 0.201. The third-order valence-electron chi connectivity index (χ3n) is 3.58. The van der Waals surface area contributed by atoms with Gasteiger partial charge < -0.3 is 9.88 Å². The van der Waals surface area contributed by atoms with E-state index in [1.807, 2.05) is 18.4 Å². The van der Waals surface area contributed by atoms with Gasteiger partial charge in [0.2, 0.25) is 11.7 Å². The molecule has 130 valence electrons. The number of fused-ring (bicyclic) bond motifs is 1. The van der Waals surface area contributed by atoms with Crippen molar-refractivity contribution in [3.63, 3.8) is 0 Å². The van der Waals surface area contributed by atoms with Crippen LogP contribution in [0.15, 0.2) is 53.4 Å². The number of carbonyl (C=O) groups is 1. The molecule has 0 aliphatic rings. The third kappa shape index (κ3) is 3.79. The van der Waals surface area contributed by atoms with Crippen LogP contribution in [-0.4, -0.2) is 21.7 Å². The lowest BCUT2D eigenvalue weighted by Gasteiger charge is -2.12. The van der Waals surface area contributed by atoms with Crippen molar-refractivity contribution in [2.45, 2.75) is 17.6 Å². The molecule has 0 atom stereocenters. The Morgan fingerprint density at radius 2 is 1.84 bits per heavy atom. The number of aromatic nitrogens is 2. The summed E-state index contributed by atoms with van der Waals surface area (Å²) in [5, 5.41) is 2.61. The average Bonchev–Trinajstić information content (AvgIpc) is 2.94. The van der Waals surface area contributed by atoms with Crippen molar-refractivity contribution in [3.05, 3.63) is 54.4 Å². The highest BCUT2D eigenvalue weighted by Crippen LogP contribution is 2.31. The highest BCUT2D eigenvalue weighted by atomic mass is 32.2. The molecular formula is C17H14F3N3OS. The second-order valence-electron chi connectivity index (χ2n) is 5.28. The van der Waals surface area contributed by atoms with Gasteiger partial charge in [0.25, 0.3) is 0 Å². The van der Waals surface area contributed by atoms with Gasteiger partial charge in [-0.3, -0.25) is 4.79 Å². The summed E-state index contributed by atoms with van der Waals surface area (Å²) in [5.74, 6) is -1.63. The summed E-state index contributed by atoms with van der Waals surface area (Å²) in [6.45, 7) is -0.473. The molecule has 2 aromatic carbocycles. The molecule has 0 saturated heterocycles. The van der Waals surface area contributed by atoms with Crippen LogP contribution < -0.4 is 5.32 Å². The molecule has 1 heterocycles. The SMILES string of the molecule is CSc1ccc(NC(=O)Cn2c(C(F)(F)F)nc3ccccc32)cc1. The predicted octanol–water partition coefficient (Wildman–Crippen LogP) is 4.42. The number of carbonyl (C=O) groups excluding carboxylic acids is 1. The van der Waals surface area contributed by atoms with E-state index < -0.39 is 24.5 Å². The number of hydrogen-bond acceptors (Lipinski definition) is 3. The van der Waals surface area contributed by atoms with Crippen molar-refractivity contribution in [1.82, 2.24) is 9.55 Å². The van der Waals surface area contributed by atoms with Crippen LogP contribution in [-0.2, 0) is 17.5 Å². The molecule has 1 N–H and O–H groups in total. The van der Waals surface area contributed by atoms with Gasteiger partial charge in [0.05, 0.1) is 11.0 Å². The summed E-state index contributed by atoms with van der Waals surface area (Å²) in [6, 6.07) is 13.3. The van der Waals surface area contributed by atoms with E-state index >= 15 is 0 Å². The largest absolute Gasteiger partial charge is 0.449 e. The Labute approximate surface area is 146 Å². The zero-order valence-corrected chi connectivity index (χ0v) is 14.0.